The zero-order valence-corrected chi connectivity index (χ0v) is 11.7. The molecule has 3 rings (SSSR count). The van der Waals surface area contributed by atoms with Crippen LogP contribution in [-0.4, -0.2) is 36.3 Å². The Hall–Kier alpha value is -2.01. The lowest BCUT2D eigenvalue weighted by atomic mass is 10.2. The summed E-state index contributed by atoms with van der Waals surface area (Å²) in [5.41, 5.74) is 3.48. The number of ether oxygens (including phenoxy) is 1. The molecule has 1 fully saturated rings. The summed E-state index contributed by atoms with van der Waals surface area (Å²) in [6.07, 6.45) is 1.87. The monoisotopic (exact) mass is 272 g/mol. The van der Waals surface area contributed by atoms with Crippen molar-refractivity contribution in [2.45, 2.75) is 13.5 Å². The molecule has 1 aliphatic heterocycles. The van der Waals surface area contributed by atoms with Gasteiger partial charge in [0.2, 0.25) is 0 Å². The van der Waals surface area contributed by atoms with Crippen LogP contribution >= 0.6 is 0 Å². The number of morpholine rings is 1. The quantitative estimate of drug-likeness (QED) is 0.895. The normalized spacial score (nSPS) is 15.3. The Kier molecular flexibility index (Phi) is 3.87. The van der Waals surface area contributed by atoms with E-state index in [1.54, 1.807) is 0 Å². The van der Waals surface area contributed by atoms with Gasteiger partial charge in [0.15, 0.2) is 0 Å². The van der Waals surface area contributed by atoms with Crippen LogP contribution in [0.25, 0.3) is 0 Å². The SMILES string of the molecule is Cc1ncc(CNc2ccc(N3CCOCC3)cc2)[nH]1. The van der Waals surface area contributed by atoms with Gasteiger partial charge >= 0.3 is 0 Å². The van der Waals surface area contributed by atoms with Gasteiger partial charge in [-0.05, 0) is 31.2 Å². The van der Waals surface area contributed by atoms with Crippen LogP contribution in [0.3, 0.4) is 0 Å². The number of nitrogens with zero attached hydrogens (tertiary/aromatic N) is 2. The number of aryl methyl sites for hydroxylation is 1. The molecule has 1 aromatic heterocycles. The van der Waals surface area contributed by atoms with Gasteiger partial charge in [-0.25, -0.2) is 4.98 Å². The smallest absolute Gasteiger partial charge is 0.103 e. The molecule has 20 heavy (non-hydrogen) atoms. The summed E-state index contributed by atoms with van der Waals surface area (Å²) < 4.78 is 5.37. The number of anilines is 2. The van der Waals surface area contributed by atoms with E-state index in [2.05, 4.69) is 44.5 Å². The van der Waals surface area contributed by atoms with E-state index in [9.17, 15) is 0 Å². The molecule has 1 aromatic carbocycles. The molecule has 2 aromatic rings. The highest BCUT2D eigenvalue weighted by Gasteiger charge is 2.10. The Balaban J connectivity index is 1.58. The summed E-state index contributed by atoms with van der Waals surface area (Å²) >= 11 is 0. The van der Waals surface area contributed by atoms with E-state index in [-0.39, 0.29) is 0 Å². The van der Waals surface area contributed by atoms with Gasteiger partial charge in [-0.2, -0.15) is 0 Å². The zero-order chi connectivity index (χ0) is 13.8. The summed E-state index contributed by atoms with van der Waals surface area (Å²) in [5.74, 6) is 0.949. The molecule has 2 N–H and O–H groups in total. The third-order valence-electron chi connectivity index (χ3n) is 3.48. The largest absolute Gasteiger partial charge is 0.379 e. The minimum Gasteiger partial charge on any atom is -0.379 e. The second-order valence-corrected chi connectivity index (χ2v) is 4.99. The highest BCUT2D eigenvalue weighted by Crippen LogP contribution is 2.19. The standard InChI is InChI=1S/C15H20N4O/c1-12-16-10-14(18-12)11-17-13-2-4-15(5-3-13)19-6-8-20-9-7-19/h2-5,10,17H,6-9,11H2,1H3,(H,16,18). The molecule has 0 aliphatic carbocycles. The molecular formula is C15H20N4O. The van der Waals surface area contributed by atoms with Crippen molar-refractivity contribution in [2.24, 2.45) is 0 Å². The van der Waals surface area contributed by atoms with Gasteiger partial charge in [-0.1, -0.05) is 0 Å². The minimum atomic E-state index is 0.762. The fraction of sp³-hybridized carbons (Fsp3) is 0.400. The van der Waals surface area contributed by atoms with Crippen molar-refractivity contribution >= 4 is 11.4 Å². The lowest BCUT2D eigenvalue weighted by Crippen LogP contribution is -2.36. The predicted molar refractivity (Wildman–Crippen MR) is 80.1 cm³/mol. The highest BCUT2D eigenvalue weighted by molar-refractivity contribution is 5.55. The van der Waals surface area contributed by atoms with Crippen molar-refractivity contribution in [3.05, 3.63) is 42.0 Å². The van der Waals surface area contributed by atoms with Crippen molar-refractivity contribution in [1.82, 2.24) is 9.97 Å². The van der Waals surface area contributed by atoms with Gasteiger partial charge in [0.25, 0.3) is 0 Å². The molecule has 2 heterocycles. The van der Waals surface area contributed by atoms with E-state index in [0.29, 0.717) is 0 Å². The first-order chi connectivity index (χ1) is 9.81. The summed E-state index contributed by atoms with van der Waals surface area (Å²) in [7, 11) is 0. The van der Waals surface area contributed by atoms with Crippen molar-refractivity contribution in [3.63, 3.8) is 0 Å². The molecule has 0 saturated carbocycles. The minimum absolute atomic E-state index is 0.762. The Bertz CT molecular complexity index is 543. The van der Waals surface area contributed by atoms with Crippen LogP contribution in [0, 0.1) is 6.92 Å². The fourth-order valence-electron chi connectivity index (χ4n) is 2.37. The number of hydrogen-bond acceptors (Lipinski definition) is 4. The molecule has 0 amide bonds. The van der Waals surface area contributed by atoms with Crippen LogP contribution < -0.4 is 10.2 Å². The molecule has 5 heteroatoms. The third kappa shape index (κ3) is 3.11. The molecule has 0 radical (unpaired) electrons. The number of aromatic nitrogens is 2. The maximum absolute atomic E-state index is 5.37. The lowest BCUT2D eigenvalue weighted by molar-refractivity contribution is 0.122. The van der Waals surface area contributed by atoms with Crippen LogP contribution in [0.4, 0.5) is 11.4 Å². The number of benzene rings is 1. The summed E-state index contributed by atoms with van der Waals surface area (Å²) in [4.78, 5) is 9.76. The maximum atomic E-state index is 5.37. The van der Waals surface area contributed by atoms with E-state index in [0.717, 1.165) is 50.1 Å². The Morgan fingerprint density at radius 1 is 1.25 bits per heavy atom. The fourth-order valence-corrected chi connectivity index (χ4v) is 2.37. The van der Waals surface area contributed by atoms with E-state index in [1.807, 2.05) is 13.1 Å². The zero-order valence-electron chi connectivity index (χ0n) is 11.7. The number of rotatable bonds is 4. The molecule has 0 spiro atoms. The van der Waals surface area contributed by atoms with E-state index in [1.165, 1.54) is 5.69 Å². The summed E-state index contributed by atoms with van der Waals surface area (Å²) in [6.45, 7) is 6.30. The Morgan fingerprint density at radius 2 is 2.00 bits per heavy atom. The molecule has 0 atom stereocenters. The van der Waals surface area contributed by atoms with E-state index in [4.69, 9.17) is 4.74 Å². The van der Waals surface area contributed by atoms with Gasteiger partial charge in [-0.15, -0.1) is 0 Å². The van der Waals surface area contributed by atoms with Crippen LogP contribution in [0.2, 0.25) is 0 Å². The first-order valence-electron chi connectivity index (χ1n) is 6.98. The van der Waals surface area contributed by atoms with E-state index < -0.39 is 0 Å². The molecule has 1 saturated heterocycles. The number of H-pyrrole nitrogens is 1. The topological polar surface area (TPSA) is 53.2 Å². The molecule has 0 bridgehead atoms. The van der Waals surface area contributed by atoms with Gasteiger partial charge < -0.3 is 19.9 Å². The van der Waals surface area contributed by atoms with Gasteiger partial charge in [-0.3, -0.25) is 0 Å². The molecule has 5 nitrogen and oxygen atoms in total. The second kappa shape index (κ2) is 5.96. The van der Waals surface area contributed by atoms with Crippen LogP contribution in [0.15, 0.2) is 30.5 Å². The third-order valence-corrected chi connectivity index (χ3v) is 3.48. The summed E-state index contributed by atoms with van der Waals surface area (Å²) in [5, 5.41) is 3.39. The van der Waals surface area contributed by atoms with Crippen LogP contribution in [0.5, 0.6) is 0 Å². The number of imidazole rings is 1. The molecular weight excluding hydrogens is 252 g/mol. The van der Waals surface area contributed by atoms with Crippen molar-refractivity contribution < 1.29 is 4.74 Å². The van der Waals surface area contributed by atoms with Crippen LogP contribution in [-0.2, 0) is 11.3 Å². The molecule has 0 unspecified atom stereocenters. The molecule has 1 aliphatic rings. The van der Waals surface area contributed by atoms with Gasteiger partial charge in [0, 0.05) is 24.5 Å². The first kappa shape index (κ1) is 13.0. The van der Waals surface area contributed by atoms with Crippen LogP contribution in [0.1, 0.15) is 11.5 Å². The van der Waals surface area contributed by atoms with Crippen molar-refractivity contribution in [3.8, 4) is 0 Å². The summed E-state index contributed by atoms with van der Waals surface area (Å²) in [6, 6.07) is 8.56. The van der Waals surface area contributed by atoms with Crippen molar-refractivity contribution in [1.29, 1.82) is 0 Å². The first-order valence-corrected chi connectivity index (χ1v) is 6.98. The Labute approximate surface area is 119 Å². The van der Waals surface area contributed by atoms with Gasteiger partial charge in [0.05, 0.1) is 31.6 Å². The number of nitrogens with one attached hydrogen (secondary N) is 2. The van der Waals surface area contributed by atoms with Crippen molar-refractivity contribution in [2.75, 3.05) is 36.5 Å². The number of aromatic amines is 1. The Morgan fingerprint density at radius 3 is 2.65 bits per heavy atom. The number of hydrogen-bond donors (Lipinski definition) is 2. The second-order valence-electron chi connectivity index (χ2n) is 4.99. The predicted octanol–water partition coefficient (Wildman–Crippen LogP) is 2.17. The average Bonchev–Trinajstić information content (AvgIpc) is 2.92. The lowest BCUT2D eigenvalue weighted by Gasteiger charge is -2.28. The average molecular weight is 272 g/mol. The van der Waals surface area contributed by atoms with E-state index >= 15 is 0 Å². The van der Waals surface area contributed by atoms with Gasteiger partial charge in [0.1, 0.15) is 5.82 Å². The molecule has 106 valence electrons. The highest BCUT2D eigenvalue weighted by atomic mass is 16.5. The maximum Gasteiger partial charge on any atom is 0.103 e.